The van der Waals surface area contributed by atoms with Gasteiger partial charge in [0.2, 0.25) is 0 Å². The second-order valence-electron chi connectivity index (χ2n) is 3.72. The van der Waals surface area contributed by atoms with Gasteiger partial charge in [0, 0.05) is 24.2 Å². The molecule has 0 atom stereocenters. The standard InChI is InChI=1S/C10H12N4.C2H6/c11-8-2-1-7-4-13-14(10(7)3-8)9-5-12-6-9;1-2/h1-4,9,12H,5-6,11H2;1-2H3. The molecule has 1 aromatic carbocycles. The quantitative estimate of drug-likeness (QED) is 0.717. The third kappa shape index (κ3) is 1.76. The molecule has 0 aliphatic carbocycles. The maximum atomic E-state index is 5.75. The van der Waals surface area contributed by atoms with Gasteiger partial charge < -0.3 is 11.1 Å². The number of fused-ring (bicyclic) bond motifs is 1. The second-order valence-corrected chi connectivity index (χ2v) is 3.72. The Hall–Kier alpha value is -1.55. The molecule has 86 valence electrons. The van der Waals surface area contributed by atoms with Gasteiger partial charge in [0.15, 0.2) is 0 Å². The van der Waals surface area contributed by atoms with Crippen molar-refractivity contribution in [3.8, 4) is 0 Å². The molecular weight excluding hydrogens is 200 g/mol. The van der Waals surface area contributed by atoms with E-state index in [0.29, 0.717) is 6.04 Å². The average Bonchev–Trinajstić information content (AvgIpc) is 2.62. The number of aromatic nitrogens is 2. The molecule has 0 radical (unpaired) electrons. The van der Waals surface area contributed by atoms with E-state index in [1.807, 2.05) is 38.2 Å². The summed E-state index contributed by atoms with van der Waals surface area (Å²) in [6, 6.07) is 6.41. The zero-order valence-corrected chi connectivity index (χ0v) is 9.77. The Bertz CT molecular complexity index is 471. The molecule has 3 N–H and O–H groups in total. The van der Waals surface area contributed by atoms with Gasteiger partial charge in [-0.2, -0.15) is 5.10 Å². The molecule has 0 bridgehead atoms. The van der Waals surface area contributed by atoms with Crippen molar-refractivity contribution in [2.24, 2.45) is 0 Å². The predicted molar refractivity (Wildman–Crippen MR) is 67.4 cm³/mol. The molecule has 1 saturated heterocycles. The first kappa shape index (κ1) is 11.0. The highest BCUT2D eigenvalue weighted by molar-refractivity contribution is 5.81. The first-order valence-corrected chi connectivity index (χ1v) is 5.78. The van der Waals surface area contributed by atoms with E-state index in [4.69, 9.17) is 5.73 Å². The Balaban J connectivity index is 0.000000457. The smallest absolute Gasteiger partial charge is 0.0774 e. The van der Waals surface area contributed by atoms with Gasteiger partial charge in [-0.05, 0) is 18.2 Å². The summed E-state index contributed by atoms with van der Waals surface area (Å²) in [5.41, 5.74) is 7.69. The lowest BCUT2D eigenvalue weighted by Gasteiger charge is -2.27. The summed E-state index contributed by atoms with van der Waals surface area (Å²) in [6.07, 6.45) is 1.90. The molecule has 0 spiro atoms. The summed E-state index contributed by atoms with van der Waals surface area (Å²) in [5, 5.41) is 8.77. The van der Waals surface area contributed by atoms with Crippen LogP contribution in [0.15, 0.2) is 24.4 Å². The van der Waals surface area contributed by atoms with E-state index in [0.717, 1.165) is 29.7 Å². The van der Waals surface area contributed by atoms with Crippen molar-refractivity contribution in [2.75, 3.05) is 18.8 Å². The molecule has 4 heteroatoms. The molecule has 2 aromatic rings. The van der Waals surface area contributed by atoms with Gasteiger partial charge in [-0.1, -0.05) is 13.8 Å². The first-order chi connectivity index (χ1) is 7.84. The third-order valence-electron chi connectivity index (χ3n) is 2.73. The summed E-state index contributed by atoms with van der Waals surface area (Å²) in [4.78, 5) is 0. The molecule has 16 heavy (non-hydrogen) atoms. The zero-order chi connectivity index (χ0) is 11.5. The van der Waals surface area contributed by atoms with E-state index >= 15 is 0 Å². The fraction of sp³-hybridized carbons (Fsp3) is 0.417. The topological polar surface area (TPSA) is 55.9 Å². The van der Waals surface area contributed by atoms with Crippen molar-refractivity contribution in [3.63, 3.8) is 0 Å². The lowest BCUT2D eigenvalue weighted by atomic mass is 10.1. The normalized spacial score (nSPS) is 15.4. The van der Waals surface area contributed by atoms with E-state index in [9.17, 15) is 0 Å². The predicted octanol–water partition coefficient (Wildman–Crippen LogP) is 1.79. The lowest BCUT2D eigenvalue weighted by molar-refractivity contribution is 0.326. The maximum absolute atomic E-state index is 5.75. The van der Waals surface area contributed by atoms with Crippen LogP contribution in [0.3, 0.4) is 0 Å². The lowest BCUT2D eigenvalue weighted by Crippen LogP contribution is -2.43. The van der Waals surface area contributed by atoms with Gasteiger partial charge in [-0.25, -0.2) is 0 Å². The minimum Gasteiger partial charge on any atom is -0.399 e. The molecule has 0 saturated carbocycles. The van der Waals surface area contributed by atoms with Gasteiger partial charge in [0.05, 0.1) is 17.8 Å². The Morgan fingerprint density at radius 2 is 2.12 bits per heavy atom. The molecular formula is C12H18N4. The number of rotatable bonds is 1. The van der Waals surface area contributed by atoms with E-state index in [-0.39, 0.29) is 0 Å². The van der Waals surface area contributed by atoms with Crippen molar-refractivity contribution in [1.82, 2.24) is 15.1 Å². The number of nitrogens with zero attached hydrogens (tertiary/aromatic N) is 2. The third-order valence-corrected chi connectivity index (χ3v) is 2.73. The fourth-order valence-corrected chi connectivity index (χ4v) is 1.79. The van der Waals surface area contributed by atoms with Crippen molar-refractivity contribution < 1.29 is 0 Å². The van der Waals surface area contributed by atoms with Crippen LogP contribution in [0.2, 0.25) is 0 Å². The number of hydrogen-bond donors (Lipinski definition) is 2. The fourth-order valence-electron chi connectivity index (χ4n) is 1.79. The summed E-state index contributed by atoms with van der Waals surface area (Å²) < 4.78 is 2.06. The van der Waals surface area contributed by atoms with E-state index in [1.165, 1.54) is 0 Å². The maximum Gasteiger partial charge on any atom is 0.0774 e. The van der Waals surface area contributed by atoms with Crippen LogP contribution in [0.5, 0.6) is 0 Å². The minimum atomic E-state index is 0.495. The molecule has 1 aliphatic heterocycles. The largest absolute Gasteiger partial charge is 0.399 e. The van der Waals surface area contributed by atoms with Crippen LogP contribution < -0.4 is 11.1 Å². The van der Waals surface area contributed by atoms with Crippen LogP contribution in [-0.2, 0) is 0 Å². The summed E-state index contributed by atoms with van der Waals surface area (Å²) in [6.45, 7) is 6.01. The number of nitrogens with two attached hydrogens (primary N) is 1. The second kappa shape index (κ2) is 4.53. The number of nitrogens with one attached hydrogen (secondary N) is 1. The molecule has 1 aliphatic rings. The highest BCUT2D eigenvalue weighted by atomic mass is 15.3. The van der Waals surface area contributed by atoms with Crippen molar-refractivity contribution >= 4 is 16.6 Å². The van der Waals surface area contributed by atoms with E-state index in [1.54, 1.807) is 0 Å². The molecule has 0 amide bonds. The monoisotopic (exact) mass is 218 g/mol. The van der Waals surface area contributed by atoms with Crippen LogP contribution in [0, 0.1) is 0 Å². The highest BCUT2D eigenvalue weighted by Crippen LogP contribution is 2.21. The number of anilines is 1. The Labute approximate surface area is 95.4 Å². The molecule has 2 heterocycles. The summed E-state index contributed by atoms with van der Waals surface area (Å²) >= 11 is 0. The average molecular weight is 218 g/mol. The van der Waals surface area contributed by atoms with Crippen molar-refractivity contribution in [2.45, 2.75) is 19.9 Å². The molecule has 4 nitrogen and oxygen atoms in total. The van der Waals surface area contributed by atoms with Gasteiger partial charge >= 0.3 is 0 Å². The minimum absolute atomic E-state index is 0.495. The zero-order valence-electron chi connectivity index (χ0n) is 9.77. The summed E-state index contributed by atoms with van der Waals surface area (Å²) in [5.74, 6) is 0. The number of hydrogen-bond acceptors (Lipinski definition) is 3. The molecule has 1 fully saturated rings. The highest BCUT2D eigenvalue weighted by Gasteiger charge is 2.20. The molecule has 3 rings (SSSR count). The van der Waals surface area contributed by atoms with Crippen LogP contribution >= 0.6 is 0 Å². The van der Waals surface area contributed by atoms with Crippen molar-refractivity contribution in [3.05, 3.63) is 24.4 Å². The Morgan fingerprint density at radius 1 is 1.38 bits per heavy atom. The number of nitrogen functional groups attached to an aromatic ring is 1. The van der Waals surface area contributed by atoms with E-state index in [2.05, 4.69) is 15.1 Å². The van der Waals surface area contributed by atoms with Gasteiger partial charge in [0.25, 0.3) is 0 Å². The van der Waals surface area contributed by atoms with Crippen LogP contribution in [0.25, 0.3) is 10.9 Å². The van der Waals surface area contributed by atoms with Gasteiger partial charge in [0.1, 0.15) is 0 Å². The summed E-state index contributed by atoms with van der Waals surface area (Å²) in [7, 11) is 0. The Kier molecular flexibility index (Phi) is 3.10. The van der Waals surface area contributed by atoms with Crippen molar-refractivity contribution in [1.29, 1.82) is 0 Å². The molecule has 1 aromatic heterocycles. The first-order valence-electron chi connectivity index (χ1n) is 5.78. The van der Waals surface area contributed by atoms with Crippen LogP contribution in [0.4, 0.5) is 5.69 Å². The SMILES string of the molecule is CC.Nc1ccc2cnn(C3CNC3)c2c1. The molecule has 0 unspecified atom stereocenters. The van der Waals surface area contributed by atoms with Gasteiger partial charge in [-0.3, -0.25) is 4.68 Å². The Morgan fingerprint density at radius 3 is 2.75 bits per heavy atom. The van der Waals surface area contributed by atoms with Gasteiger partial charge in [-0.15, -0.1) is 0 Å². The van der Waals surface area contributed by atoms with Crippen LogP contribution in [-0.4, -0.2) is 22.9 Å². The number of benzene rings is 1. The van der Waals surface area contributed by atoms with Crippen LogP contribution in [0.1, 0.15) is 19.9 Å². The van der Waals surface area contributed by atoms with E-state index < -0.39 is 0 Å².